The Kier molecular flexibility index (Phi) is 8.71. The van der Waals surface area contributed by atoms with Gasteiger partial charge in [0.1, 0.15) is 5.75 Å². The number of carbonyl (C=O) groups excluding carboxylic acids is 1. The number of carbonyl (C=O) groups is 1. The van der Waals surface area contributed by atoms with Gasteiger partial charge in [-0.3, -0.25) is 10.2 Å². The van der Waals surface area contributed by atoms with Gasteiger partial charge in [0.05, 0.1) is 6.61 Å². The van der Waals surface area contributed by atoms with Crippen molar-refractivity contribution in [2.24, 2.45) is 10.9 Å². The molecule has 1 saturated carbocycles. The second-order valence-corrected chi connectivity index (χ2v) is 10.00. The van der Waals surface area contributed by atoms with Crippen molar-refractivity contribution in [1.82, 2.24) is 10.9 Å². The van der Waals surface area contributed by atoms with E-state index in [0.29, 0.717) is 37.0 Å². The number of ether oxygens (including phenoxy) is 2. The number of nitrogens with zero attached hydrogens (tertiary/aromatic N) is 1. The first-order valence-electron chi connectivity index (χ1n) is 13.6. The average molecular weight is 526 g/mol. The highest BCUT2D eigenvalue weighted by atomic mass is 16.5. The van der Waals surface area contributed by atoms with E-state index >= 15 is 0 Å². The van der Waals surface area contributed by atoms with Gasteiger partial charge in [-0.15, -0.1) is 0 Å². The zero-order valence-corrected chi connectivity index (χ0v) is 22.0. The first kappa shape index (κ1) is 26.7. The molecule has 0 saturated heterocycles. The molecule has 0 radical (unpaired) electrons. The summed E-state index contributed by atoms with van der Waals surface area (Å²) in [5.74, 6) is 1.50. The molecule has 5 rings (SSSR count). The molecule has 1 fully saturated rings. The normalized spacial score (nSPS) is 20.4. The fourth-order valence-electron chi connectivity index (χ4n) is 4.59. The van der Waals surface area contributed by atoms with E-state index in [1.807, 2.05) is 97.1 Å². The monoisotopic (exact) mass is 525 g/mol. The Labute approximate surface area is 229 Å². The van der Waals surface area contributed by atoms with Crippen LogP contribution in [-0.4, -0.2) is 42.2 Å². The summed E-state index contributed by atoms with van der Waals surface area (Å²) < 4.78 is 12.2. The maximum absolute atomic E-state index is 13.9. The van der Waals surface area contributed by atoms with E-state index in [1.165, 1.54) is 12.8 Å². The van der Waals surface area contributed by atoms with Crippen LogP contribution in [0.5, 0.6) is 5.75 Å². The number of aliphatic hydroxyl groups is 1. The molecule has 7 nitrogen and oxygen atoms in total. The predicted molar refractivity (Wildman–Crippen MR) is 152 cm³/mol. The highest BCUT2D eigenvalue weighted by Gasteiger charge is 2.52. The Morgan fingerprint density at radius 2 is 1.74 bits per heavy atom. The van der Waals surface area contributed by atoms with Crippen molar-refractivity contribution in [2.45, 2.75) is 37.3 Å². The number of aliphatic hydroxyl groups excluding tert-OH is 1. The third kappa shape index (κ3) is 6.74. The highest BCUT2D eigenvalue weighted by Crippen LogP contribution is 2.43. The van der Waals surface area contributed by atoms with Gasteiger partial charge in [-0.1, -0.05) is 72.8 Å². The van der Waals surface area contributed by atoms with Crippen LogP contribution < -0.4 is 15.6 Å². The summed E-state index contributed by atoms with van der Waals surface area (Å²) in [6, 6.07) is 27.3. The molecule has 3 aromatic carbocycles. The Hall–Kier alpha value is -3.94. The molecule has 1 amide bonds. The molecular formula is C32H35N3O4. The molecule has 39 heavy (non-hydrogen) atoms. The lowest BCUT2D eigenvalue weighted by atomic mass is 9.84. The van der Waals surface area contributed by atoms with Gasteiger partial charge in [0, 0.05) is 31.6 Å². The Morgan fingerprint density at radius 1 is 1.03 bits per heavy atom. The molecule has 1 heterocycles. The topological polar surface area (TPSA) is 92.2 Å². The summed E-state index contributed by atoms with van der Waals surface area (Å²) in [6.45, 7) is 1.27. The smallest absolute Gasteiger partial charge is 0.266 e. The zero-order valence-electron chi connectivity index (χ0n) is 22.0. The molecule has 3 aromatic rings. The summed E-state index contributed by atoms with van der Waals surface area (Å²) in [5, 5.41) is 9.00. The molecule has 202 valence electrons. The van der Waals surface area contributed by atoms with E-state index < -0.39 is 11.6 Å². The van der Waals surface area contributed by atoms with Crippen LogP contribution in [0.2, 0.25) is 0 Å². The van der Waals surface area contributed by atoms with Gasteiger partial charge in [-0.2, -0.15) is 0 Å². The Balaban J connectivity index is 1.47. The van der Waals surface area contributed by atoms with Gasteiger partial charge < -0.3 is 14.6 Å². The Bertz CT molecular complexity index is 1270. The van der Waals surface area contributed by atoms with Gasteiger partial charge >= 0.3 is 0 Å². The minimum atomic E-state index is -1.21. The number of hydrazine groups is 1. The van der Waals surface area contributed by atoms with Crippen molar-refractivity contribution in [2.75, 3.05) is 19.8 Å². The summed E-state index contributed by atoms with van der Waals surface area (Å²) in [4.78, 5) is 19.0. The van der Waals surface area contributed by atoms with Crippen LogP contribution in [0.3, 0.4) is 0 Å². The van der Waals surface area contributed by atoms with Crippen LogP contribution in [0.15, 0.2) is 96.0 Å². The van der Waals surface area contributed by atoms with Crippen molar-refractivity contribution in [3.05, 3.63) is 108 Å². The van der Waals surface area contributed by atoms with E-state index in [1.54, 1.807) is 0 Å². The van der Waals surface area contributed by atoms with E-state index in [2.05, 4.69) is 10.9 Å². The number of rotatable bonds is 13. The minimum absolute atomic E-state index is 0.0853. The van der Waals surface area contributed by atoms with Crippen LogP contribution in [-0.2, 0) is 9.53 Å². The molecule has 1 aliphatic heterocycles. The van der Waals surface area contributed by atoms with Crippen LogP contribution in [0.1, 0.15) is 48.5 Å². The van der Waals surface area contributed by atoms with Gasteiger partial charge in [-0.25, -0.2) is 10.4 Å². The van der Waals surface area contributed by atoms with Crippen molar-refractivity contribution in [3.8, 4) is 5.75 Å². The molecule has 0 aromatic heterocycles. The minimum Gasteiger partial charge on any atom is -0.494 e. The lowest BCUT2D eigenvalue weighted by Crippen LogP contribution is -2.52. The van der Waals surface area contributed by atoms with Crippen molar-refractivity contribution >= 4 is 17.9 Å². The maximum atomic E-state index is 13.9. The van der Waals surface area contributed by atoms with Crippen molar-refractivity contribution < 1.29 is 19.4 Å². The summed E-state index contributed by atoms with van der Waals surface area (Å²) in [7, 11) is 0. The van der Waals surface area contributed by atoms with Gasteiger partial charge in [-0.05, 0) is 54.2 Å². The third-order valence-corrected chi connectivity index (χ3v) is 6.96. The van der Waals surface area contributed by atoms with E-state index in [-0.39, 0.29) is 12.5 Å². The quantitative estimate of drug-likeness (QED) is 0.219. The third-order valence-electron chi connectivity index (χ3n) is 6.96. The number of hydrogen-bond donors (Lipinski definition) is 3. The van der Waals surface area contributed by atoms with E-state index in [9.17, 15) is 4.79 Å². The van der Waals surface area contributed by atoms with Gasteiger partial charge in [0.15, 0.2) is 11.6 Å². The van der Waals surface area contributed by atoms with Crippen LogP contribution >= 0.6 is 0 Å². The number of hydrogen-bond acceptors (Lipinski definition) is 6. The lowest BCUT2D eigenvalue weighted by Gasteiger charge is -2.29. The van der Waals surface area contributed by atoms with Crippen LogP contribution in [0.4, 0.5) is 0 Å². The largest absolute Gasteiger partial charge is 0.494 e. The van der Waals surface area contributed by atoms with Gasteiger partial charge in [0.25, 0.3) is 5.91 Å². The molecule has 0 unspecified atom stereocenters. The average Bonchev–Trinajstić information content (AvgIpc) is 3.72. The lowest BCUT2D eigenvalue weighted by molar-refractivity contribution is -0.129. The zero-order chi connectivity index (χ0) is 26.9. The highest BCUT2D eigenvalue weighted by molar-refractivity contribution is 6.01. The molecule has 0 bridgehead atoms. The predicted octanol–water partition coefficient (Wildman–Crippen LogP) is 4.84. The summed E-state index contributed by atoms with van der Waals surface area (Å²) in [5.41, 5.74) is 7.56. The van der Waals surface area contributed by atoms with Crippen LogP contribution in [0.25, 0.3) is 6.08 Å². The molecule has 0 spiro atoms. The van der Waals surface area contributed by atoms with E-state index in [0.717, 1.165) is 23.2 Å². The fourth-order valence-corrected chi connectivity index (χ4v) is 4.59. The Morgan fingerprint density at radius 3 is 2.44 bits per heavy atom. The second-order valence-electron chi connectivity index (χ2n) is 10.00. The maximum Gasteiger partial charge on any atom is 0.266 e. The van der Waals surface area contributed by atoms with Gasteiger partial charge in [0.2, 0.25) is 5.90 Å². The fraction of sp³-hybridized carbons (Fsp3) is 0.312. The van der Waals surface area contributed by atoms with Crippen molar-refractivity contribution in [1.29, 1.82) is 0 Å². The van der Waals surface area contributed by atoms with E-state index in [4.69, 9.17) is 19.6 Å². The SMILES string of the molecule is O=C(NNCC1CC1)[C@@]1(C/C=C/c2ccccc2)N=C(c2ccc(OCCCO)cc2)O[C@H]1c1ccccc1. The molecule has 3 N–H and O–H groups in total. The molecule has 1 aliphatic carbocycles. The second kappa shape index (κ2) is 12.7. The summed E-state index contributed by atoms with van der Waals surface area (Å²) >= 11 is 0. The molecular weight excluding hydrogens is 490 g/mol. The van der Waals surface area contributed by atoms with Crippen LogP contribution in [0, 0.1) is 5.92 Å². The summed E-state index contributed by atoms with van der Waals surface area (Å²) in [6.07, 6.45) is 6.69. The number of nitrogens with one attached hydrogen (secondary N) is 2. The standard InChI is InChI=1S/C32H35N3O4/c36-21-8-22-38-28-18-16-27(17-19-28)30-34-32(31(37)35-33-23-25-14-15-25,20-7-11-24-9-3-1-4-10-24)29(39-30)26-12-5-2-6-13-26/h1-7,9-13,16-19,25,29,33,36H,8,14-15,20-23H2,(H,35,37)/b11-7+/t29-,32-/m0/s1. The number of aliphatic imine (C=N–C) groups is 1. The van der Waals surface area contributed by atoms with Crippen molar-refractivity contribution in [3.63, 3.8) is 0 Å². The molecule has 7 heteroatoms. The molecule has 2 aliphatic rings. The number of amides is 1. The first-order chi connectivity index (χ1) is 19.2. The first-order valence-corrected chi connectivity index (χ1v) is 13.6. The number of benzene rings is 3. The molecule has 2 atom stereocenters.